The summed E-state index contributed by atoms with van der Waals surface area (Å²) in [6.45, 7) is 0. The molecule has 2 heterocycles. The quantitative estimate of drug-likeness (QED) is 0.730. The molecule has 1 aromatic heterocycles. The summed E-state index contributed by atoms with van der Waals surface area (Å²) in [5.74, 6) is 0.00119. The maximum atomic E-state index is 12.1. The van der Waals surface area contributed by atoms with Gasteiger partial charge in [0.2, 0.25) is 11.8 Å². The van der Waals surface area contributed by atoms with Crippen molar-refractivity contribution in [2.75, 3.05) is 10.6 Å². The number of rotatable bonds is 1. The molecule has 2 fully saturated rings. The molecule has 2 atom stereocenters. The van der Waals surface area contributed by atoms with Crippen molar-refractivity contribution in [3.8, 4) is 0 Å². The number of aromatic nitrogens is 1. The van der Waals surface area contributed by atoms with Crippen molar-refractivity contribution >= 4 is 23.3 Å². The Balaban J connectivity index is 1.96. The van der Waals surface area contributed by atoms with Crippen LogP contribution in [0.25, 0.3) is 0 Å². The second-order valence-corrected chi connectivity index (χ2v) is 4.60. The topological polar surface area (TPSA) is 76.3 Å². The van der Waals surface area contributed by atoms with Crippen molar-refractivity contribution in [1.82, 2.24) is 4.98 Å². The van der Waals surface area contributed by atoms with E-state index in [4.69, 9.17) is 5.73 Å². The molecule has 1 saturated heterocycles. The summed E-state index contributed by atoms with van der Waals surface area (Å²) in [7, 11) is 0. The van der Waals surface area contributed by atoms with E-state index in [9.17, 15) is 9.59 Å². The summed E-state index contributed by atoms with van der Waals surface area (Å²) in [6.07, 6.45) is 4.11. The van der Waals surface area contributed by atoms with E-state index in [2.05, 4.69) is 4.98 Å². The third-order valence-electron chi connectivity index (χ3n) is 3.62. The number of nitrogens with two attached hydrogens (primary N) is 1. The molecule has 2 aliphatic rings. The van der Waals surface area contributed by atoms with Gasteiger partial charge in [-0.1, -0.05) is 6.42 Å². The Morgan fingerprint density at radius 1 is 1.18 bits per heavy atom. The average molecular weight is 231 g/mol. The highest BCUT2D eigenvalue weighted by molar-refractivity contribution is 6.22. The highest BCUT2D eigenvalue weighted by Crippen LogP contribution is 2.41. The number of hydrogen-bond acceptors (Lipinski definition) is 4. The standard InChI is InChI=1S/C12H13N3O2/c13-10-5-4-7(6-14-10)15-11(16)8-2-1-3-9(8)12(15)17/h4-6,8-9H,1-3H2,(H2,13,14). The molecule has 0 aromatic carbocycles. The first-order valence-electron chi connectivity index (χ1n) is 5.78. The van der Waals surface area contributed by atoms with Crippen molar-refractivity contribution in [3.63, 3.8) is 0 Å². The fraction of sp³-hybridized carbons (Fsp3) is 0.417. The Bertz CT molecular complexity index is 461. The van der Waals surface area contributed by atoms with Crippen LogP contribution in [0.1, 0.15) is 19.3 Å². The van der Waals surface area contributed by atoms with E-state index < -0.39 is 0 Å². The molecular weight excluding hydrogens is 218 g/mol. The Hall–Kier alpha value is -1.91. The number of anilines is 2. The van der Waals surface area contributed by atoms with Crippen molar-refractivity contribution in [1.29, 1.82) is 0 Å². The van der Waals surface area contributed by atoms with Gasteiger partial charge in [-0.15, -0.1) is 0 Å². The van der Waals surface area contributed by atoms with Crippen LogP contribution in [0.3, 0.4) is 0 Å². The van der Waals surface area contributed by atoms with Crippen LogP contribution in [0.2, 0.25) is 0 Å². The fourth-order valence-electron chi connectivity index (χ4n) is 2.78. The molecule has 0 bridgehead atoms. The Labute approximate surface area is 98.6 Å². The zero-order valence-corrected chi connectivity index (χ0v) is 9.30. The van der Waals surface area contributed by atoms with Crippen LogP contribution in [-0.4, -0.2) is 16.8 Å². The van der Waals surface area contributed by atoms with Crippen LogP contribution in [0.15, 0.2) is 18.3 Å². The molecule has 88 valence electrons. The van der Waals surface area contributed by atoms with Crippen LogP contribution in [0, 0.1) is 11.8 Å². The van der Waals surface area contributed by atoms with Crippen molar-refractivity contribution in [2.24, 2.45) is 11.8 Å². The minimum Gasteiger partial charge on any atom is -0.384 e. The molecule has 0 spiro atoms. The van der Waals surface area contributed by atoms with Gasteiger partial charge in [0, 0.05) is 0 Å². The Morgan fingerprint density at radius 2 is 1.82 bits per heavy atom. The third-order valence-corrected chi connectivity index (χ3v) is 3.62. The van der Waals surface area contributed by atoms with Crippen molar-refractivity contribution < 1.29 is 9.59 Å². The summed E-state index contributed by atoms with van der Waals surface area (Å²) in [5, 5.41) is 0. The van der Waals surface area contributed by atoms with Crippen LogP contribution >= 0.6 is 0 Å². The fourth-order valence-corrected chi connectivity index (χ4v) is 2.78. The summed E-state index contributed by atoms with van der Waals surface area (Å²) in [5.41, 5.74) is 6.02. The summed E-state index contributed by atoms with van der Waals surface area (Å²) >= 11 is 0. The molecule has 2 N–H and O–H groups in total. The van der Waals surface area contributed by atoms with Gasteiger partial charge in [-0.2, -0.15) is 0 Å². The highest BCUT2D eigenvalue weighted by atomic mass is 16.2. The number of amides is 2. The molecule has 1 aliphatic heterocycles. The number of hydrogen-bond donors (Lipinski definition) is 1. The number of nitrogens with zero attached hydrogens (tertiary/aromatic N) is 2. The van der Waals surface area contributed by atoms with Crippen LogP contribution in [0.5, 0.6) is 0 Å². The molecule has 3 rings (SSSR count). The molecule has 2 unspecified atom stereocenters. The lowest BCUT2D eigenvalue weighted by atomic mass is 10.00. The number of nitrogen functional groups attached to an aromatic ring is 1. The first-order chi connectivity index (χ1) is 8.18. The van der Waals surface area contributed by atoms with Gasteiger partial charge in [-0.3, -0.25) is 9.59 Å². The van der Waals surface area contributed by atoms with E-state index in [1.807, 2.05) is 0 Å². The number of pyridine rings is 1. The second-order valence-electron chi connectivity index (χ2n) is 4.60. The van der Waals surface area contributed by atoms with E-state index in [1.165, 1.54) is 11.1 Å². The molecule has 1 aromatic rings. The number of carbonyl (C=O) groups is 2. The van der Waals surface area contributed by atoms with E-state index in [0.29, 0.717) is 11.5 Å². The lowest BCUT2D eigenvalue weighted by Crippen LogP contribution is -2.31. The molecule has 0 radical (unpaired) electrons. The van der Waals surface area contributed by atoms with Gasteiger partial charge in [0.15, 0.2) is 0 Å². The van der Waals surface area contributed by atoms with Gasteiger partial charge in [0.05, 0.1) is 23.7 Å². The Kier molecular flexibility index (Phi) is 2.14. The number of imide groups is 1. The van der Waals surface area contributed by atoms with Gasteiger partial charge in [-0.25, -0.2) is 9.88 Å². The van der Waals surface area contributed by atoms with Crippen LogP contribution in [-0.2, 0) is 9.59 Å². The van der Waals surface area contributed by atoms with Gasteiger partial charge < -0.3 is 5.73 Å². The molecule has 1 aliphatic carbocycles. The van der Waals surface area contributed by atoms with E-state index in [1.54, 1.807) is 12.1 Å². The monoisotopic (exact) mass is 231 g/mol. The first-order valence-corrected chi connectivity index (χ1v) is 5.78. The molecule has 17 heavy (non-hydrogen) atoms. The highest BCUT2D eigenvalue weighted by Gasteiger charge is 2.50. The smallest absolute Gasteiger partial charge is 0.237 e. The van der Waals surface area contributed by atoms with Crippen LogP contribution < -0.4 is 10.6 Å². The minimum absolute atomic E-state index is 0.0796. The van der Waals surface area contributed by atoms with E-state index in [0.717, 1.165) is 19.3 Å². The zero-order valence-electron chi connectivity index (χ0n) is 9.30. The van der Waals surface area contributed by atoms with Crippen molar-refractivity contribution in [2.45, 2.75) is 19.3 Å². The second kappa shape index (κ2) is 3.55. The molecule has 5 nitrogen and oxygen atoms in total. The van der Waals surface area contributed by atoms with E-state index >= 15 is 0 Å². The molecule has 2 amide bonds. The maximum Gasteiger partial charge on any atom is 0.237 e. The van der Waals surface area contributed by atoms with E-state index in [-0.39, 0.29) is 23.7 Å². The van der Waals surface area contributed by atoms with Crippen LogP contribution in [0.4, 0.5) is 11.5 Å². The largest absolute Gasteiger partial charge is 0.384 e. The Morgan fingerprint density at radius 3 is 2.35 bits per heavy atom. The third kappa shape index (κ3) is 1.42. The van der Waals surface area contributed by atoms with Gasteiger partial charge in [0.1, 0.15) is 5.82 Å². The predicted octanol–water partition coefficient (Wildman–Crippen LogP) is 0.953. The molecule has 5 heteroatoms. The van der Waals surface area contributed by atoms with Gasteiger partial charge in [0.25, 0.3) is 0 Å². The summed E-state index contributed by atoms with van der Waals surface area (Å²) in [6, 6.07) is 3.27. The number of fused-ring (bicyclic) bond motifs is 1. The predicted molar refractivity (Wildman–Crippen MR) is 62.0 cm³/mol. The summed E-state index contributed by atoms with van der Waals surface area (Å²) < 4.78 is 0. The first kappa shape index (κ1) is 10.3. The lowest BCUT2D eigenvalue weighted by molar-refractivity contribution is -0.122. The normalized spacial score (nSPS) is 27.6. The zero-order chi connectivity index (χ0) is 12.0. The SMILES string of the molecule is Nc1ccc(N2C(=O)C3CCCC3C2=O)cn1. The molecule has 1 saturated carbocycles. The lowest BCUT2D eigenvalue weighted by Gasteiger charge is -2.15. The molecular formula is C12H13N3O2. The van der Waals surface area contributed by atoms with Gasteiger partial charge in [-0.05, 0) is 25.0 Å². The maximum absolute atomic E-state index is 12.1. The van der Waals surface area contributed by atoms with Gasteiger partial charge >= 0.3 is 0 Å². The number of carbonyl (C=O) groups excluding carboxylic acids is 2. The summed E-state index contributed by atoms with van der Waals surface area (Å²) in [4.78, 5) is 29.4. The average Bonchev–Trinajstić information content (AvgIpc) is 2.87. The van der Waals surface area contributed by atoms with Crippen molar-refractivity contribution in [3.05, 3.63) is 18.3 Å². The minimum atomic E-state index is -0.111.